The molecule has 3 aliphatic rings. The Morgan fingerprint density at radius 3 is 2.32 bits per heavy atom. The summed E-state index contributed by atoms with van der Waals surface area (Å²) in [6.45, 7) is 18.6. The first-order chi connectivity index (χ1) is 23.6. The summed E-state index contributed by atoms with van der Waals surface area (Å²) >= 11 is 0. The summed E-state index contributed by atoms with van der Waals surface area (Å²) in [6.07, 6.45) is 1.26. The van der Waals surface area contributed by atoms with Gasteiger partial charge in [-0.3, -0.25) is 4.79 Å². The fourth-order valence-electron chi connectivity index (χ4n) is 7.85. The lowest BCUT2D eigenvalue weighted by Gasteiger charge is -2.52. The molecule has 1 unspecified atom stereocenters. The molecule has 0 aromatic heterocycles. The molecule has 5 rings (SSSR count). The second-order valence-corrected chi connectivity index (χ2v) is 21.4. The van der Waals surface area contributed by atoms with E-state index in [1.165, 1.54) is 5.57 Å². The summed E-state index contributed by atoms with van der Waals surface area (Å²) in [7, 11) is -0.530. The number of rotatable bonds is 12. The molecule has 0 radical (unpaired) electrons. The number of ketones is 1. The Labute approximate surface area is 301 Å². The van der Waals surface area contributed by atoms with E-state index in [0.29, 0.717) is 19.6 Å². The summed E-state index contributed by atoms with van der Waals surface area (Å²) in [5.41, 5.74) is 1.75. The van der Waals surface area contributed by atoms with Gasteiger partial charge in [-0.25, -0.2) is 0 Å². The van der Waals surface area contributed by atoms with Crippen LogP contribution in [0.15, 0.2) is 72.3 Å². The number of ether oxygens (including phenoxy) is 5. The summed E-state index contributed by atoms with van der Waals surface area (Å²) in [4.78, 5) is 14.3. The van der Waals surface area contributed by atoms with Gasteiger partial charge in [-0.15, -0.1) is 0 Å². The van der Waals surface area contributed by atoms with Crippen molar-refractivity contribution < 1.29 is 38.0 Å². The first-order valence-electron chi connectivity index (χ1n) is 18.3. The van der Waals surface area contributed by atoms with Gasteiger partial charge in [-0.1, -0.05) is 114 Å². The molecule has 2 aromatic carbocycles. The molecular weight excluding hydrogens is 649 g/mol. The molecule has 2 aromatic rings. The Kier molecular flexibility index (Phi) is 12.3. The second-order valence-electron chi connectivity index (χ2n) is 16.6. The predicted octanol–water partition coefficient (Wildman–Crippen LogP) is 8.02. The normalized spacial score (nSPS) is 32.9. The average Bonchev–Trinajstić information content (AvgIpc) is 3.39. The quantitative estimate of drug-likeness (QED) is 0.135. The van der Waals surface area contributed by atoms with E-state index in [9.17, 15) is 9.90 Å². The van der Waals surface area contributed by atoms with Gasteiger partial charge in [0.05, 0.1) is 19.3 Å². The van der Waals surface area contributed by atoms with Crippen LogP contribution in [0, 0.1) is 23.2 Å². The number of hydrogen-bond donors (Lipinski definition) is 1. The molecule has 9 heteroatoms. The summed E-state index contributed by atoms with van der Waals surface area (Å²) < 4.78 is 38.9. The third-order valence-corrected chi connectivity index (χ3v) is 16.7. The van der Waals surface area contributed by atoms with Crippen LogP contribution in [0.25, 0.3) is 0 Å². The first kappa shape index (κ1) is 39.0. The molecule has 276 valence electrons. The van der Waals surface area contributed by atoms with Crippen LogP contribution in [0.2, 0.25) is 18.1 Å². The molecule has 0 spiro atoms. The van der Waals surface area contributed by atoms with Crippen molar-refractivity contribution in [2.24, 2.45) is 23.2 Å². The van der Waals surface area contributed by atoms with Gasteiger partial charge in [0.1, 0.15) is 24.6 Å². The van der Waals surface area contributed by atoms with E-state index >= 15 is 0 Å². The van der Waals surface area contributed by atoms with Crippen molar-refractivity contribution in [3.63, 3.8) is 0 Å². The molecule has 0 amide bonds. The zero-order valence-electron chi connectivity index (χ0n) is 31.6. The van der Waals surface area contributed by atoms with Crippen LogP contribution in [0.5, 0.6) is 0 Å². The number of methoxy groups -OCH3 is 1. The summed E-state index contributed by atoms with van der Waals surface area (Å²) in [6, 6.07) is 20.1. The van der Waals surface area contributed by atoms with Crippen LogP contribution in [0.3, 0.4) is 0 Å². The van der Waals surface area contributed by atoms with Crippen LogP contribution in [-0.2, 0) is 39.5 Å². The lowest BCUT2D eigenvalue weighted by Crippen LogP contribution is -2.62. The van der Waals surface area contributed by atoms with Crippen LogP contribution < -0.4 is 0 Å². The molecule has 2 fully saturated rings. The lowest BCUT2D eigenvalue weighted by molar-refractivity contribution is -0.324. The highest BCUT2D eigenvalue weighted by Crippen LogP contribution is 2.54. The number of aliphatic hydroxyl groups is 1. The van der Waals surface area contributed by atoms with Gasteiger partial charge in [0.15, 0.2) is 20.4 Å². The third-order valence-electron chi connectivity index (χ3n) is 12.2. The highest BCUT2D eigenvalue weighted by Gasteiger charge is 2.57. The van der Waals surface area contributed by atoms with E-state index in [1.807, 2.05) is 67.6 Å². The third kappa shape index (κ3) is 8.05. The van der Waals surface area contributed by atoms with Crippen LogP contribution in [0.1, 0.15) is 78.2 Å². The van der Waals surface area contributed by atoms with Crippen molar-refractivity contribution in [3.8, 4) is 0 Å². The largest absolute Gasteiger partial charge is 0.417 e. The second kappa shape index (κ2) is 15.8. The zero-order valence-corrected chi connectivity index (χ0v) is 32.6. The zero-order chi connectivity index (χ0) is 36.3. The number of fused-ring (bicyclic) bond motifs is 2. The topological polar surface area (TPSA) is 92.7 Å². The number of Topliss-reactive ketones (excluding diaryl/α,β-unsaturated/α-hetero) is 1. The Morgan fingerprint density at radius 2 is 1.68 bits per heavy atom. The molecule has 1 N–H and O–H groups in total. The van der Waals surface area contributed by atoms with Crippen LogP contribution in [-0.4, -0.2) is 70.2 Å². The van der Waals surface area contributed by atoms with E-state index < -0.39 is 50.4 Å². The summed E-state index contributed by atoms with van der Waals surface area (Å²) in [5, 5.41) is 12.0. The number of hydrogen-bond acceptors (Lipinski definition) is 8. The minimum Gasteiger partial charge on any atom is -0.417 e. The molecule has 8 nitrogen and oxygen atoms in total. The maximum atomic E-state index is 14.3. The van der Waals surface area contributed by atoms with Crippen LogP contribution >= 0.6 is 0 Å². The van der Waals surface area contributed by atoms with E-state index in [1.54, 1.807) is 7.11 Å². The molecular formula is C41H60O8Si. The SMILES string of the molecule is COCO[C@H]1C(=O)C(O)[C@H](C)[C@@H]([C@]2(OCc3ccccc3)CO[C@@H](c3ccccc3)O[C@H]2CCO[Si](C)(C)C(C)(C)C)/C=C2/CC[C@H]1C2(C)C. The van der Waals surface area contributed by atoms with Crippen molar-refractivity contribution in [1.82, 2.24) is 0 Å². The highest BCUT2D eigenvalue weighted by atomic mass is 28.4. The maximum absolute atomic E-state index is 14.3. The predicted molar refractivity (Wildman–Crippen MR) is 197 cm³/mol. The number of aliphatic hydroxyl groups excluding tert-OH is 1. The van der Waals surface area contributed by atoms with Crippen molar-refractivity contribution in [2.75, 3.05) is 27.1 Å². The maximum Gasteiger partial charge on any atom is 0.191 e. The van der Waals surface area contributed by atoms with Gasteiger partial charge in [0, 0.05) is 31.1 Å². The fraction of sp³-hybridized carbons (Fsp3) is 0.634. The van der Waals surface area contributed by atoms with Crippen molar-refractivity contribution in [3.05, 3.63) is 83.4 Å². The van der Waals surface area contributed by atoms with E-state index in [4.69, 9.17) is 28.1 Å². The minimum atomic E-state index is -2.08. The number of allylic oxidation sites excluding steroid dienone is 1. The van der Waals surface area contributed by atoms with Crippen molar-refractivity contribution in [2.45, 2.75) is 116 Å². The van der Waals surface area contributed by atoms with Gasteiger partial charge in [0.25, 0.3) is 0 Å². The molecule has 2 bridgehead atoms. The number of carbonyl (C=O) groups is 1. The van der Waals surface area contributed by atoms with Gasteiger partial charge in [-0.05, 0) is 54.3 Å². The van der Waals surface area contributed by atoms with Crippen molar-refractivity contribution in [1.29, 1.82) is 0 Å². The van der Waals surface area contributed by atoms with Gasteiger partial charge < -0.3 is 33.2 Å². The smallest absolute Gasteiger partial charge is 0.191 e. The molecule has 1 heterocycles. The Bertz CT molecular complexity index is 1440. The molecule has 1 saturated carbocycles. The standard InChI is InChI=1S/C41H60O8Si/c1-28-33(24-31-20-21-32(40(31,5)6)37(46-27-44-7)36(43)35(28)42)41(47-25-29-16-12-10-13-17-29)26-45-38(30-18-14-11-15-19-30)49-34(41)22-23-48-50(8,9)39(2,3)4/h10-19,24,28,32-35,37-38,42H,20-23,25-27H2,1-9H3/b31-24-/t28-,32-,33+,34+,35?,37-,38-,41-/m1/s1. The molecule has 1 aliphatic heterocycles. The Hall–Kier alpha value is -2.21. The van der Waals surface area contributed by atoms with Gasteiger partial charge >= 0.3 is 0 Å². The van der Waals surface area contributed by atoms with E-state index in [0.717, 1.165) is 24.0 Å². The number of benzene rings is 2. The van der Waals surface area contributed by atoms with Gasteiger partial charge in [-0.2, -0.15) is 0 Å². The Balaban J connectivity index is 1.62. The number of carbonyl (C=O) groups excluding carboxylic acids is 1. The molecule has 8 atom stereocenters. The van der Waals surface area contributed by atoms with Crippen LogP contribution in [0.4, 0.5) is 0 Å². The molecule has 50 heavy (non-hydrogen) atoms. The van der Waals surface area contributed by atoms with E-state index in [-0.39, 0.29) is 35.6 Å². The first-order valence-corrected chi connectivity index (χ1v) is 21.2. The lowest BCUT2D eigenvalue weighted by atomic mass is 9.70. The van der Waals surface area contributed by atoms with E-state index in [2.05, 4.69) is 53.8 Å². The van der Waals surface area contributed by atoms with Gasteiger partial charge in [0.2, 0.25) is 0 Å². The monoisotopic (exact) mass is 708 g/mol. The molecule has 2 aliphatic carbocycles. The fourth-order valence-corrected chi connectivity index (χ4v) is 8.91. The Morgan fingerprint density at radius 1 is 1.02 bits per heavy atom. The molecule has 1 saturated heterocycles. The average molecular weight is 709 g/mol. The highest BCUT2D eigenvalue weighted by molar-refractivity contribution is 6.74. The minimum absolute atomic E-state index is 0.0183. The van der Waals surface area contributed by atoms with Crippen molar-refractivity contribution >= 4 is 14.1 Å². The summed E-state index contributed by atoms with van der Waals surface area (Å²) in [5.74, 6) is -1.40.